The number of rotatable bonds is 10. The van der Waals surface area contributed by atoms with E-state index in [4.69, 9.17) is 9.47 Å². The van der Waals surface area contributed by atoms with Crippen LogP contribution in [-0.4, -0.2) is 47.8 Å². The molecule has 148 valence electrons. The second-order valence-corrected chi connectivity index (χ2v) is 7.18. The third-order valence-electron chi connectivity index (χ3n) is 3.97. The average molecular weight is 367 g/mol. The second-order valence-electron chi connectivity index (χ2n) is 7.18. The Hall–Kier alpha value is -1.89. The Labute approximate surface area is 157 Å². The fourth-order valence-corrected chi connectivity index (χ4v) is 2.49. The lowest BCUT2D eigenvalue weighted by Crippen LogP contribution is -2.45. The first-order valence-electron chi connectivity index (χ1n) is 9.27. The van der Waals surface area contributed by atoms with Crippen molar-refractivity contribution in [2.24, 2.45) is 5.92 Å². The van der Waals surface area contributed by atoms with E-state index >= 15 is 0 Å². The Kier molecular flexibility index (Phi) is 8.78. The normalized spacial score (nSPS) is 13.6. The molecule has 0 aliphatic carbocycles. The summed E-state index contributed by atoms with van der Waals surface area (Å²) in [6.45, 7) is 14.1. The number of anilines is 1. The van der Waals surface area contributed by atoms with Crippen molar-refractivity contribution < 1.29 is 14.3 Å². The standard InChI is InChI=1S/C19H34N4O3/c1-9-15(10-25-8)26-19-13(6)17(21-14(7)22-19)23-16(11(2)3)18(24)20-12(4)5/h11-12,15-16H,9-10H2,1-8H3,(H,20,24)(H,21,22,23). The van der Waals surface area contributed by atoms with E-state index in [0.29, 0.717) is 24.1 Å². The van der Waals surface area contributed by atoms with Crippen LogP contribution in [0.5, 0.6) is 5.88 Å². The minimum absolute atomic E-state index is 0.0426. The molecule has 0 radical (unpaired) electrons. The van der Waals surface area contributed by atoms with Crippen LogP contribution in [0.15, 0.2) is 0 Å². The third-order valence-corrected chi connectivity index (χ3v) is 3.97. The molecule has 0 bridgehead atoms. The van der Waals surface area contributed by atoms with Crippen molar-refractivity contribution >= 4 is 11.7 Å². The summed E-state index contributed by atoms with van der Waals surface area (Å²) in [5.74, 6) is 1.80. The highest BCUT2D eigenvalue weighted by atomic mass is 16.5. The minimum atomic E-state index is -0.390. The average Bonchev–Trinajstić information content (AvgIpc) is 2.54. The van der Waals surface area contributed by atoms with E-state index in [1.54, 1.807) is 7.11 Å². The molecule has 2 atom stereocenters. The molecule has 2 unspecified atom stereocenters. The van der Waals surface area contributed by atoms with Gasteiger partial charge in [-0.15, -0.1) is 0 Å². The van der Waals surface area contributed by atoms with Crippen molar-refractivity contribution in [2.45, 2.75) is 73.1 Å². The Bertz CT molecular complexity index is 590. The summed E-state index contributed by atoms with van der Waals surface area (Å²) in [6.07, 6.45) is 0.732. The Morgan fingerprint density at radius 2 is 1.81 bits per heavy atom. The van der Waals surface area contributed by atoms with Gasteiger partial charge in [-0.2, -0.15) is 4.98 Å². The fraction of sp³-hybridized carbons (Fsp3) is 0.737. The van der Waals surface area contributed by atoms with Crippen LogP contribution in [0, 0.1) is 19.8 Å². The Balaban J connectivity index is 3.09. The number of carbonyl (C=O) groups excluding carboxylic acids is 1. The number of amides is 1. The number of carbonyl (C=O) groups is 1. The number of aryl methyl sites for hydroxylation is 1. The smallest absolute Gasteiger partial charge is 0.242 e. The van der Waals surface area contributed by atoms with Crippen LogP contribution in [0.25, 0.3) is 0 Å². The summed E-state index contributed by atoms with van der Waals surface area (Å²) >= 11 is 0. The van der Waals surface area contributed by atoms with Crippen LogP contribution in [0.1, 0.15) is 52.4 Å². The summed E-state index contributed by atoms with van der Waals surface area (Å²) in [4.78, 5) is 21.4. The van der Waals surface area contributed by atoms with Gasteiger partial charge >= 0.3 is 0 Å². The highest BCUT2D eigenvalue weighted by molar-refractivity contribution is 5.85. The van der Waals surface area contributed by atoms with Gasteiger partial charge in [0.25, 0.3) is 0 Å². The predicted octanol–water partition coefficient (Wildman–Crippen LogP) is 2.86. The highest BCUT2D eigenvalue weighted by Gasteiger charge is 2.25. The van der Waals surface area contributed by atoms with Gasteiger partial charge in [0, 0.05) is 13.2 Å². The van der Waals surface area contributed by atoms with Gasteiger partial charge in [-0.05, 0) is 40.0 Å². The number of aromatic nitrogens is 2. The van der Waals surface area contributed by atoms with Crippen molar-refractivity contribution in [3.05, 3.63) is 11.4 Å². The van der Waals surface area contributed by atoms with E-state index in [9.17, 15) is 4.79 Å². The van der Waals surface area contributed by atoms with Crippen LogP contribution in [0.3, 0.4) is 0 Å². The summed E-state index contributed by atoms with van der Waals surface area (Å²) in [7, 11) is 1.65. The lowest BCUT2D eigenvalue weighted by Gasteiger charge is -2.25. The quantitative estimate of drug-likeness (QED) is 0.662. The lowest BCUT2D eigenvalue weighted by atomic mass is 10.0. The van der Waals surface area contributed by atoms with Gasteiger partial charge in [-0.1, -0.05) is 20.8 Å². The highest BCUT2D eigenvalue weighted by Crippen LogP contribution is 2.25. The fourth-order valence-electron chi connectivity index (χ4n) is 2.49. The third kappa shape index (κ3) is 6.44. The Morgan fingerprint density at radius 1 is 1.15 bits per heavy atom. The molecule has 2 N–H and O–H groups in total. The number of ether oxygens (including phenoxy) is 2. The van der Waals surface area contributed by atoms with Crippen LogP contribution < -0.4 is 15.4 Å². The first-order valence-corrected chi connectivity index (χ1v) is 9.27. The summed E-state index contributed by atoms with van der Waals surface area (Å²) in [5.41, 5.74) is 0.785. The number of hydrogen-bond donors (Lipinski definition) is 2. The van der Waals surface area contributed by atoms with E-state index in [1.807, 2.05) is 48.5 Å². The number of methoxy groups -OCH3 is 1. The zero-order valence-corrected chi connectivity index (χ0v) is 17.3. The zero-order valence-electron chi connectivity index (χ0n) is 17.3. The van der Waals surface area contributed by atoms with Crippen molar-refractivity contribution in [3.8, 4) is 5.88 Å². The molecule has 7 heteroatoms. The van der Waals surface area contributed by atoms with Crippen LogP contribution in [0.4, 0.5) is 5.82 Å². The monoisotopic (exact) mass is 366 g/mol. The van der Waals surface area contributed by atoms with E-state index in [0.717, 1.165) is 12.0 Å². The molecule has 1 heterocycles. The van der Waals surface area contributed by atoms with E-state index < -0.39 is 0 Å². The van der Waals surface area contributed by atoms with Crippen molar-refractivity contribution in [3.63, 3.8) is 0 Å². The minimum Gasteiger partial charge on any atom is -0.472 e. The van der Waals surface area contributed by atoms with Gasteiger partial charge in [0.2, 0.25) is 11.8 Å². The molecule has 1 amide bonds. The molecule has 0 fully saturated rings. The SMILES string of the molecule is CCC(COC)Oc1nc(C)nc(NC(C(=O)NC(C)C)C(C)C)c1C. The molecule has 0 saturated heterocycles. The van der Waals surface area contributed by atoms with Gasteiger partial charge < -0.3 is 20.1 Å². The molecule has 7 nitrogen and oxygen atoms in total. The molecule has 0 saturated carbocycles. The Morgan fingerprint density at radius 3 is 2.31 bits per heavy atom. The number of nitrogens with one attached hydrogen (secondary N) is 2. The molecule has 0 aliphatic rings. The van der Waals surface area contributed by atoms with Gasteiger partial charge in [0.15, 0.2) is 0 Å². The molecule has 26 heavy (non-hydrogen) atoms. The summed E-state index contributed by atoms with van der Waals surface area (Å²) in [6, 6.07) is -0.309. The van der Waals surface area contributed by atoms with Gasteiger partial charge in [-0.25, -0.2) is 4.98 Å². The van der Waals surface area contributed by atoms with E-state index in [2.05, 4.69) is 20.6 Å². The number of hydrogen-bond acceptors (Lipinski definition) is 6. The molecule has 1 aromatic rings. The summed E-state index contributed by atoms with van der Waals surface area (Å²) < 4.78 is 11.2. The molecule has 0 aliphatic heterocycles. The molecule has 1 rings (SSSR count). The molecular weight excluding hydrogens is 332 g/mol. The van der Waals surface area contributed by atoms with Crippen LogP contribution in [-0.2, 0) is 9.53 Å². The molecular formula is C19H34N4O3. The number of nitrogens with zero attached hydrogens (tertiary/aromatic N) is 2. The van der Waals surface area contributed by atoms with Crippen molar-refractivity contribution in [1.29, 1.82) is 0 Å². The van der Waals surface area contributed by atoms with E-state index in [-0.39, 0.29) is 30.0 Å². The van der Waals surface area contributed by atoms with Crippen LogP contribution in [0.2, 0.25) is 0 Å². The molecule has 0 aromatic carbocycles. The summed E-state index contributed by atoms with van der Waals surface area (Å²) in [5, 5.41) is 6.24. The maximum absolute atomic E-state index is 12.5. The van der Waals surface area contributed by atoms with Crippen molar-refractivity contribution in [2.75, 3.05) is 19.0 Å². The van der Waals surface area contributed by atoms with Gasteiger partial charge in [0.05, 0.1) is 12.2 Å². The molecule has 0 spiro atoms. The largest absolute Gasteiger partial charge is 0.472 e. The lowest BCUT2D eigenvalue weighted by molar-refractivity contribution is -0.123. The van der Waals surface area contributed by atoms with Gasteiger partial charge in [0.1, 0.15) is 23.8 Å². The topological polar surface area (TPSA) is 85.4 Å². The second kappa shape index (κ2) is 10.3. The first kappa shape index (κ1) is 22.2. The van der Waals surface area contributed by atoms with Gasteiger partial charge in [-0.3, -0.25) is 4.79 Å². The predicted molar refractivity (Wildman–Crippen MR) is 104 cm³/mol. The maximum atomic E-state index is 12.5. The molecule has 1 aromatic heterocycles. The van der Waals surface area contributed by atoms with Crippen LogP contribution >= 0.6 is 0 Å². The van der Waals surface area contributed by atoms with E-state index in [1.165, 1.54) is 0 Å². The first-order chi connectivity index (χ1) is 12.2. The maximum Gasteiger partial charge on any atom is 0.242 e. The van der Waals surface area contributed by atoms with Crippen molar-refractivity contribution in [1.82, 2.24) is 15.3 Å². The zero-order chi connectivity index (χ0) is 19.9.